The second-order valence-electron chi connectivity index (χ2n) is 9.27. The Morgan fingerprint density at radius 2 is 2.20 bits per heavy atom. The average molecular weight is 477 g/mol. The summed E-state index contributed by atoms with van der Waals surface area (Å²) in [6.45, 7) is 5.47. The normalized spacial score (nSPS) is 21.1. The molecule has 5 rings (SSSR count). The smallest absolute Gasteiger partial charge is 0.349 e. The topological polar surface area (TPSA) is 108 Å². The van der Waals surface area contributed by atoms with Crippen LogP contribution in [0.5, 0.6) is 0 Å². The van der Waals surface area contributed by atoms with E-state index in [-0.39, 0.29) is 17.8 Å². The van der Waals surface area contributed by atoms with E-state index < -0.39 is 0 Å². The van der Waals surface area contributed by atoms with E-state index in [2.05, 4.69) is 41.0 Å². The fraction of sp³-hybridized carbons (Fsp3) is 0.423. The number of hydrazine groups is 1. The number of hydrogen-bond acceptors (Lipinski definition) is 8. The SMILES string of the molecule is CC[C@H]1C[C@@H](n2c(=O)nc(/C(C=N)=C/NC)c3oc4c(C)cc(C5=CN(C)NC5)cc4c32)CCO1. The Morgan fingerprint density at radius 3 is 2.89 bits per heavy atom. The van der Waals surface area contributed by atoms with Crippen LogP contribution in [0.2, 0.25) is 0 Å². The molecular formula is C26H32N6O3. The summed E-state index contributed by atoms with van der Waals surface area (Å²) in [6, 6.07) is 4.20. The van der Waals surface area contributed by atoms with E-state index in [1.165, 1.54) is 11.8 Å². The van der Waals surface area contributed by atoms with Gasteiger partial charge < -0.3 is 24.9 Å². The van der Waals surface area contributed by atoms with Crippen LogP contribution in [0.1, 0.15) is 49.0 Å². The van der Waals surface area contributed by atoms with Crippen molar-refractivity contribution in [2.24, 2.45) is 0 Å². The maximum Gasteiger partial charge on any atom is 0.349 e. The largest absolute Gasteiger partial charge is 0.452 e. The number of furan rings is 1. The lowest BCUT2D eigenvalue weighted by Gasteiger charge is -2.30. The first kappa shape index (κ1) is 23.3. The van der Waals surface area contributed by atoms with Crippen LogP contribution in [-0.4, -0.2) is 54.1 Å². The molecule has 3 aromatic rings. The molecule has 2 aromatic heterocycles. The predicted molar refractivity (Wildman–Crippen MR) is 138 cm³/mol. The second kappa shape index (κ2) is 9.31. The van der Waals surface area contributed by atoms with Crippen LogP contribution in [0, 0.1) is 12.3 Å². The summed E-state index contributed by atoms with van der Waals surface area (Å²) in [4.78, 5) is 18.0. The van der Waals surface area contributed by atoms with E-state index in [1.807, 2.05) is 23.5 Å². The molecule has 3 N–H and O–H groups in total. The first-order chi connectivity index (χ1) is 16.9. The molecule has 2 atom stereocenters. The van der Waals surface area contributed by atoms with Crippen molar-refractivity contribution in [2.75, 3.05) is 27.2 Å². The highest BCUT2D eigenvalue weighted by molar-refractivity contribution is 6.15. The minimum absolute atomic E-state index is 0.0368. The third kappa shape index (κ3) is 4.04. The van der Waals surface area contributed by atoms with Crippen LogP contribution in [-0.2, 0) is 4.74 Å². The van der Waals surface area contributed by atoms with Crippen molar-refractivity contribution < 1.29 is 9.15 Å². The van der Waals surface area contributed by atoms with E-state index in [9.17, 15) is 4.79 Å². The Kier molecular flexibility index (Phi) is 6.21. The summed E-state index contributed by atoms with van der Waals surface area (Å²) >= 11 is 0. The van der Waals surface area contributed by atoms with Gasteiger partial charge in [0.15, 0.2) is 5.58 Å². The van der Waals surface area contributed by atoms with Crippen LogP contribution in [0.15, 0.2) is 33.7 Å². The van der Waals surface area contributed by atoms with Crippen molar-refractivity contribution in [3.05, 3.63) is 51.8 Å². The number of rotatable bonds is 6. The first-order valence-corrected chi connectivity index (χ1v) is 12.1. The summed E-state index contributed by atoms with van der Waals surface area (Å²) < 4.78 is 14.2. The molecule has 1 saturated heterocycles. The highest BCUT2D eigenvalue weighted by Gasteiger charge is 2.29. The minimum Gasteiger partial charge on any atom is -0.452 e. The number of aromatic nitrogens is 2. The Bertz CT molecular complexity index is 1420. The summed E-state index contributed by atoms with van der Waals surface area (Å²) in [5.41, 5.74) is 9.08. The summed E-state index contributed by atoms with van der Waals surface area (Å²) in [5, 5.41) is 13.7. The Labute approximate surface area is 203 Å². The van der Waals surface area contributed by atoms with E-state index in [0.29, 0.717) is 23.5 Å². The molecule has 0 bridgehead atoms. The van der Waals surface area contributed by atoms with Gasteiger partial charge in [0.1, 0.15) is 16.8 Å². The molecule has 0 radical (unpaired) electrons. The van der Waals surface area contributed by atoms with Crippen molar-refractivity contribution in [2.45, 2.75) is 45.3 Å². The summed E-state index contributed by atoms with van der Waals surface area (Å²) in [5.74, 6) is 0. The molecular weight excluding hydrogens is 444 g/mol. The van der Waals surface area contributed by atoms with E-state index >= 15 is 0 Å². The van der Waals surface area contributed by atoms with Crippen LogP contribution < -0.4 is 16.4 Å². The van der Waals surface area contributed by atoms with Gasteiger partial charge in [-0.15, -0.1) is 0 Å². The summed E-state index contributed by atoms with van der Waals surface area (Å²) in [7, 11) is 3.73. The third-order valence-electron chi connectivity index (χ3n) is 6.95. The minimum atomic E-state index is -0.328. The highest BCUT2D eigenvalue weighted by atomic mass is 16.5. The van der Waals surface area contributed by atoms with E-state index in [1.54, 1.807) is 13.2 Å². The second-order valence-corrected chi connectivity index (χ2v) is 9.27. The Hall–Kier alpha value is -3.43. The molecule has 0 aliphatic carbocycles. The van der Waals surface area contributed by atoms with Crippen molar-refractivity contribution in [3.63, 3.8) is 0 Å². The van der Waals surface area contributed by atoms with Gasteiger partial charge in [0.25, 0.3) is 0 Å². The lowest BCUT2D eigenvalue weighted by molar-refractivity contribution is -0.00711. The van der Waals surface area contributed by atoms with Gasteiger partial charge in [-0.1, -0.05) is 6.92 Å². The predicted octanol–water partition coefficient (Wildman–Crippen LogP) is 3.58. The first-order valence-electron chi connectivity index (χ1n) is 12.1. The Morgan fingerprint density at radius 1 is 1.37 bits per heavy atom. The van der Waals surface area contributed by atoms with Gasteiger partial charge in [-0.25, -0.2) is 10.2 Å². The van der Waals surface area contributed by atoms with E-state index in [0.717, 1.165) is 53.4 Å². The third-order valence-corrected chi connectivity index (χ3v) is 6.95. The monoisotopic (exact) mass is 476 g/mol. The van der Waals surface area contributed by atoms with Crippen molar-refractivity contribution in [1.29, 1.82) is 5.41 Å². The average Bonchev–Trinajstić information content (AvgIpc) is 3.46. The van der Waals surface area contributed by atoms with Crippen LogP contribution in [0.4, 0.5) is 0 Å². The highest BCUT2D eigenvalue weighted by Crippen LogP contribution is 2.38. The summed E-state index contributed by atoms with van der Waals surface area (Å²) in [6.07, 6.45) is 7.43. The number of aryl methyl sites for hydroxylation is 1. The zero-order valence-electron chi connectivity index (χ0n) is 20.6. The molecule has 0 spiro atoms. The van der Waals surface area contributed by atoms with Crippen LogP contribution in [0.3, 0.4) is 0 Å². The quantitative estimate of drug-likeness (QED) is 0.467. The fourth-order valence-electron chi connectivity index (χ4n) is 5.20. The number of allylic oxidation sites excluding steroid dienone is 1. The molecule has 9 nitrogen and oxygen atoms in total. The maximum absolute atomic E-state index is 13.6. The van der Waals surface area contributed by atoms with Gasteiger partial charge in [0.2, 0.25) is 0 Å². The van der Waals surface area contributed by atoms with Gasteiger partial charge in [0.05, 0.1) is 6.10 Å². The number of benzene rings is 1. The molecule has 1 aromatic carbocycles. The molecule has 0 saturated carbocycles. The molecule has 35 heavy (non-hydrogen) atoms. The molecule has 9 heteroatoms. The standard InChI is InChI=1S/C26H32N6O3/c1-5-20-10-19(6-7-34-20)32-23-21-9-16(18-13-29-31(4)14-18)8-15(2)24(21)35-25(23)22(30-26(32)33)17(11-27)12-28-3/h8-9,11-12,14,19-20,27-29H,5-7,10,13H2,1-4H3/b17-12+,27-11?/t19-,20-/m0/s1. The number of nitrogens with one attached hydrogen (secondary N) is 3. The van der Waals surface area contributed by atoms with E-state index in [4.69, 9.17) is 14.6 Å². The number of fused-ring (bicyclic) bond motifs is 3. The van der Waals surface area contributed by atoms with Crippen molar-refractivity contribution in [1.82, 2.24) is 25.3 Å². The molecule has 4 heterocycles. The fourth-order valence-corrected chi connectivity index (χ4v) is 5.20. The number of hydrogen-bond donors (Lipinski definition) is 3. The van der Waals surface area contributed by atoms with Gasteiger partial charge in [-0.2, -0.15) is 4.98 Å². The molecule has 0 amide bonds. The number of nitrogens with zero attached hydrogens (tertiary/aromatic N) is 3. The zero-order chi connectivity index (χ0) is 24.7. The molecule has 184 valence electrons. The van der Waals surface area contributed by atoms with Crippen LogP contribution >= 0.6 is 0 Å². The zero-order valence-corrected chi connectivity index (χ0v) is 20.6. The van der Waals surface area contributed by atoms with Gasteiger partial charge in [0, 0.05) is 62.9 Å². The maximum atomic E-state index is 13.6. The lowest BCUT2D eigenvalue weighted by Crippen LogP contribution is -2.34. The number of ether oxygens (including phenoxy) is 1. The molecule has 2 aliphatic heterocycles. The van der Waals surface area contributed by atoms with Gasteiger partial charge in [-0.05, 0) is 55.0 Å². The Balaban J connectivity index is 1.84. The molecule has 2 aliphatic rings. The molecule has 0 unspecified atom stereocenters. The molecule has 1 fully saturated rings. The van der Waals surface area contributed by atoms with Crippen molar-refractivity contribution in [3.8, 4) is 0 Å². The van der Waals surface area contributed by atoms with Crippen LogP contribution in [0.25, 0.3) is 33.2 Å². The van der Waals surface area contributed by atoms with Crippen molar-refractivity contribution >= 4 is 39.4 Å². The van der Waals surface area contributed by atoms with Gasteiger partial charge >= 0.3 is 5.69 Å². The van der Waals surface area contributed by atoms with Gasteiger partial charge in [-0.3, -0.25) is 4.57 Å². The lowest BCUT2D eigenvalue weighted by atomic mass is 9.99.